The number of nitrogens with one attached hydrogen (secondary N) is 2. The largest absolute Gasteiger partial charge is 0.350 e. The van der Waals surface area contributed by atoms with E-state index in [-0.39, 0.29) is 11.2 Å². The van der Waals surface area contributed by atoms with E-state index in [1.807, 2.05) is 13.8 Å². The number of nitrogens with zero attached hydrogens (tertiary/aromatic N) is 2. The Morgan fingerprint density at radius 2 is 2.28 bits per heavy atom. The van der Waals surface area contributed by atoms with Gasteiger partial charge in [-0.2, -0.15) is 0 Å². The molecule has 1 aromatic carbocycles. The number of rotatable bonds is 4. The van der Waals surface area contributed by atoms with Gasteiger partial charge in [-0.3, -0.25) is 10.1 Å². The minimum atomic E-state index is -0.433. The zero-order valence-corrected chi connectivity index (χ0v) is 10.2. The molecule has 0 unspecified atom stereocenters. The van der Waals surface area contributed by atoms with Crippen molar-refractivity contribution in [3.8, 4) is 0 Å². The van der Waals surface area contributed by atoms with Gasteiger partial charge in [-0.05, 0) is 19.9 Å². The van der Waals surface area contributed by atoms with Gasteiger partial charge in [0.05, 0.1) is 16.0 Å². The SMILES string of the molecule is CC(C)(CN)Nc1nc2ccc([N+](=O)[O-])cc2[nH]1. The van der Waals surface area contributed by atoms with Crippen LogP contribution in [0.15, 0.2) is 18.2 Å². The molecule has 0 amide bonds. The minimum absolute atomic E-state index is 0.0378. The predicted octanol–water partition coefficient (Wildman–Crippen LogP) is 1.62. The van der Waals surface area contributed by atoms with Gasteiger partial charge in [0.2, 0.25) is 5.95 Å². The molecule has 0 aliphatic heterocycles. The molecule has 0 spiro atoms. The highest BCUT2D eigenvalue weighted by Gasteiger charge is 2.17. The van der Waals surface area contributed by atoms with E-state index >= 15 is 0 Å². The standard InChI is InChI=1S/C11H15N5O2/c1-11(2,6-12)15-10-13-8-4-3-7(16(17)18)5-9(8)14-10/h3-5H,6,12H2,1-2H3,(H2,13,14,15). The number of non-ortho nitro benzene ring substituents is 1. The third kappa shape index (κ3) is 2.40. The molecule has 96 valence electrons. The molecule has 0 atom stereocenters. The van der Waals surface area contributed by atoms with Gasteiger partial charge in [0.1, 0.15) is 0 Å². The van der Waals surface area contributed by atoms with Crippen molar-refractivity contribution in [3.05, 3.63) is 28.3 Å². The van der Waals surface area contributed by atoms with Gasteiger partial charge < -0.3 is 16.0 Å². The quantitative estimate of drug-likeness (QED) is 0.563. The van der Waals surface area contributed by atoms with Crippen LogP contribution in [0.1, 0.15) is 13.8 Å². The minimum Gasteiger partial charge on any atom is -0.350 e. The molecular formula is C11H15N5O2. The molecule has 4 N–H and O–H groups in total. The number of aromatic nitrogens is 2. The lowest BCUT2D eigenvalue weighted by molar-refractivity contribution is -0.384. The van der Waals surface area contributed by atoms with E-state index in [0.717, 1.165) is 0 Å². The van der Waals surface area contributed by atoms with Gasteiger partial charge in [0.15, 0.2) is 0 Å². The van der Waals surface area contributed by atoms with E-state index in [2.05, 4.69) is 15.3 Å². The number of aromatic amines is 1. The normalized spacial score (nSPS) is 11.7. The Morgan fingerprint density at radius 1 is 1.56 bits per heavy atom. The summed E-state index contributed by atoms with van der Waals surface area (Å²) in [4.78, 5) is 17.5. The number of anilines is 1. The van der Waals surface area contributed by atoms with Crippen LogP contribution in [0.25, 0.3) is 11.0 Å². The Balaban J connectivity index is 2.35. The number of benzene rings is 1. The van der Waals surface area contributed by atoms with Crippen LogP contribution in [0.4, 0.5) is 11.6 Å². The molecule has 0 radical (unpaired) electrons. The fourth-order valence-corrected chi connectivity index (χ4v) is 1.54. The first-order valence-electron chi connectivity index (χ1n) is 5.54. The number of hydrogen-bond acceptors (Lipinski definition) is 5. The summed E-state index contributed by atoms with van der Waals surface area (Å²) in [5.74, 6) is 0.556. The Kier molecular flexibility index (Phi) is 2.92. The number of fused-ring (bicyclic) bond motifs is 1. The third-order valence-electron chi connectivity index (χ3n) is 2.64. The molecular weight excluding hydrogens is 234 g/mol. The summed E-state index contributed by atoms with van der Waals surface area (Å²) in [6, 6.07) is 4.51. The van der Waals surface area contributed by atoms with Gasteiger partial charge in [-0.15, -0.1) is 0 Å². The van der Waals surface area contributed by atoms with Crippen molar-refractivity contribution >= 4 is 22.7 Å². The summed E-state index contributed by atoms with van der Waals surface area (Å²) in [6.45, 7) is 4.34. The smallest absolute Gasteiger partial charge is 0.271 e. The first-order valence-corrected chi connectivity index (χ1v) is 5.54. The predicted molar refractivity (Wildman–Crippen MR) is 69.5 cm³/mol. The highest BCUT2D eigenvalue weighted by molar-refractivity contribution is 5.80. The second-order valence-corrected chi connectivity index (χ2v) is 4.76. The van der Waals surface area contributed by atoms with E-state index in [4.69, 9.17) is 5.73 Å². The zero-order chi connectivity index (χ0) is 13.3. The van der Waals surface area contributed by atoms with E-state index < -0.39 is 4.92 Å². The summed E-state index contributed by atoms with van der Waals surface area (Å²) in [5.41, 5.74) is 6.67. The highest BCUT2D eigenvalue weighted by Crippen LogP contribution is 2.21. The van der Waals surface area contributed by atoms with Gasteiger partial charge in [0, 0.05) is 24.2 Å². The van der Waals surface area contributed by atoms with Crippen molar-refractivity contribution in [1.82, 2.24) is 9.97 Å². The van der Waals surface area contributed by atoms with E-state index in [9.17, 15) is 10.1 Å². The van der Waals surface area contributed by atoms with Crippen LogP contribution in [0.5, 0.6) is 0 Å². The van der Waals surface area contributed by atoms with Gasteiger partial charge >= 0.3 is 0 Å². The summed E-state index contributed by atoms with van der Waals surface area (Å²) in [6.07, 6.45) is 0. The summed E-state index contributed by atoms with van der Waals surface area (Å²) >= 11 is 0. The van der Waals surface area contributed by atoms with E-state index in [1.54, 1.807) is 6.07 Å². The number of imidazole rings is 1. The summed E-state index contributed by atoms with van der Waals surface area (Å²) < 4.78 is 0. The average molecular weight is 249 g/mol. The maximum absolute atomic E-state index is 10.7. The fourth-order valence-electron chi connectivity index (χ4n) is 1.54. The number of nitro benzene ring substituents is 1. The lowest BCUT2D eigenvalue weighted by atomic mass is 10.1. The van der Waals surface area contributed by atoms with E-state index in [1.165, 1.54) is 12.1 Å². The molecule has 7 nitrogen and oxygen atoms in total. The van der Waals surface area contributed by atoms with Gasteiger partial charge in [0.25, 0.3) is 5.69 Å². The molecule has 0 bridgehead atoms. The molecule has 0 aliphatic carbocycles. The Labute approximate surface area is 104 Å². The topological polar surface area (TPSA) is 110 Å². The van der Waals surface area contributed by atoms with Crippen molar-refractivity contribution in [2.24, 2.45) is 5.73 Å². The van der Waals surface area contributed by atoms with Crippen LogP contribution < -0.4 is 11.1 Å². The van der Waals surface area contributed by atoms with Crippen molar-refractivity contribution < 1.29 is 4.92 Å². The van der Waals surface area contributed by atoms with Crippen LogP contribution in [-0.4, -0.2) is 27.0 Å². The van der Waals surface area contributed by atoms with Crippen LogP contribution in [-0.2, 0) is 0 Å². The number of nitro groups is 1. The molecule has 0 aliphatic rings. The Bertz CT molecular complexity index is 590. The van der Waals surface area contributed by atoms with Crippen molar-refractivity contribution in [3.63, 3.8) is 0 Å². The highest BCUT2D eigenvalue weighted by atomic mass is 16.6. The Hall–Kier alpha value is -2.15. The fraction of sp³-hybridized carbons (Fsp3) is 0.364. The molecule has 1 heterocycles. The van der Waals surface area contributed by atoms with Crippen LogP contribution in [0.3, 0.4) is 0 Å². The first-order chi connectivity index (χ1) is 8.41. The Morgan fingerprint density at radius 3 is 2.89 bits per heavy atom. The maximum atomic E-state index is 10.7. The molecule has 2 aromatic rings. The van der Waals surface area contributed by atoms with Crippen molar-refractivity contribution in [1.29, 1.82) is 0 Å². The maximum Gasteiger partial charge on any atom is 0.271 e. The lowest BCUT2D eigenvalue weighted by Crippen LogP contribution is -2.39. The third-order valence-corrected chi connectivity index (χ3v) is 2.64. The van der Waals surface area contributed by atoms with Gasteiger partial charge in [-0.25, -0.2) is 4.98 Å². The molecule has 18 heavy (non-hydrogen) atoms. The molecule has 2 rings (SSSR count). The number of H-pyrrole nitrogens is 1. The second-order valence-electron chi connectivity index (χ2n) is 4.76. The number of hydrogen-bond donors (Lipinski definition) is 3. The lowest BCUT2D eigenvalue weighted by Gasteiger charge is -2.23. The van der Waals surface area contributed by atoms with Crippen molar-refractivity contribution in [2.45, 2.75) is 19.4 Å². The molecule has 1 aromatic heterocycles. The molecule has 0 saturated carbocycles. The van der Waals surface area contributed by atoms with Crippen molar-refractivity contribution in [2.75, 3.05) is 11.9 Å². The van der Waals surface area contributed by atoms with Crippen LogP contribution >= 0.6 is 0 Å². The molecule has 0 saturated heterocycles. The molecule has 7 heteroatoms. The van der Waals surface area contributed by atoms with Crippen LogP contribution in [0.2, 0.25) is 0 Å². The van der Waals surface area contributed by atoms with Gasteiger partial charge in [-0.1, -0.05) is 0 Å². The summed E-state index contributed by atoms with van der Waals surface area (Å²) in [5, 5.41) is 13.8. The summed E-state index contributed by atoms with van der Waals surface area (Å²) in [7, 11) is 0. The molecule has 0 fully saturated rings. The first kappa shape index (κ1) is 12.3. The van der Waals surface area contributed by atoms with E-state index in [0.29, 0.717) is 23.5 Å². The second kappa shape index (κ2) is 4.26. The number of nitrogens with two attached hydrogens (primary N) is 1. The average Bonchev–Trinajstić information content (AvgIpc) is 2.68. The zero-order valence-electron chi connectivity index (χ0n) is 10.2. The monoisotopic (exact) mass is 249 g/mol. The van der Waals surface area contributed by atoms with Crippen LogP contribution in [0, 0.1) is 10.1 Å².